The van der Waals surface area contributed by atoms with Crippen LogP contribution in [-0.4, -0.2) is 36.2 Å². The van der Waals surface area contributed by atoms with Crippen LogP contribution in [-0.2, 0) is 29.3 Å². The molecule has 2 rings (SSSR count). The summed E-state index contributed by atoms with van der Waals surface area (Å²) in [6, 6.07) is 1.60. The second-order valence-corrected chi connectivity index (χ2v) is 7.17. The van der Waals surface area contributed by atoms with Gasteiger partial charge in [-0.05, 0) is 12.0 Å². The zero-order valence-electron chi connectivity index (χ0n) is 11.1. The number of fused-ring (bicyclic) bond motifs is 1. The Morgan fingerprint density at radius 2 is 2.26 bits per heavy atom. The zero-order valence-corrected chi connectivity index (χ0v) is 11.9. The van der Waals surface area contributed by atoms with Gasteiger partial charge in [0.05, 0.1) is 11.4 Å². The van der Waals surface area contributed by atoms with Gasteiger partial charge in [-0.25, -0.2) is 13.1 Å². The molecule has 1 N–H and O–H groups in total. The summed E-state index contributed by atoms with van der Waals surface area (Å²) in [5.41, 5.74) is 1.74. The van der Waals surface area contributed by atoms with E-state index < -0.39 is 9.84 Å². The minimum absolute atomic E-state index is 0.107. The van der Waals surface area contributed by atoms with Crippen LogP contribution in [0.4, 0.5) is 0 Å². The van der Waals surface area contributed by atoms with E-state index in [1.165, 1.54) is 4.68 Å². The SMILES string of the molecule is CCS(=O)(=O)CCCn1nc2c(cc1=O)CNCC2. The van der Waals surface area contributed by atoms with Crippen LogP contribution in [0.2, 0.25) is 0 Å². The Morgan fingerprint density at radius 1 is 1.47 bits per heavy atom. The number of aryl methyl sites for hydroxylation is 1. The first kappa shape index (κ1) is 14.2. The molecule has 1 aliphatic rings. The van der Waals surface area contributed by atoms with E-state index >= 15 is 0 Å². The fourth-order valence-electron chi connectivity index (χ4n) is 2.10. The maximum atomic E-state index is 11.8. The monoisotopic (exact) mass is 285 g/mol. The third-order valence-corrected chi connectivity index (χ3v) is 5.07. The smallest absolute Gasteiger partial charge is 0.267 e. The minimum atomic E-state index is -2.97. The molecule has 0 saturated carbocycles. The van der Waals surface area contributed by atoms with Gasteiger partial charge in [0.1, 0.15) is 9.84 Å². The lowest BCUT2D eigenvalue weighted by Gasteiger charge is -2.16. The van der Waals surface area contributed by atoms with Gasteiger partial charge in [-0.1, -0.05) is 6.92 Å². The van der Waals surface area contributed by atoms with E-state index in [9.17, 15) is 13.2 Å². The summed E-state index contributed by atoms with van der Waals surface area (Å²) < 4.78 is 24.2. The molecule has 1 aromatic heterocycles. The van der Waals surface area contributed by atoms with Gasteiger partial charge in [0.2, 0.25) is 0 Å². The van der Waals surface area contributed by atoms with Crippen molar-refractivity contribution in [2.45, 2.75) is 32.9 Å². The number of hydrogen-bond acceptors (Lipinski definition) is 5. The molecule has 7 heteroatoms. The van der Waals surface area contributed by atoms with E-state index in [2.05, 4.69) is 10.4 Å². The summed E-state index contributed by atoms with van der Waals surface area (Å²) in [7, 11) is -2.97. The van der Waals surface area contributed by atoms with E-state index in [-0.39, 0.29) is 17.1 Å². The lowest BCUT2D eigenvalue weighted by Crippen LogP contribution is -2.32. The van der Waals surface area contributed by atoms with Gasteiger partial charge < -0.3 is 5.32 Å². The van der Waals surface area contributed by atoms with Gasteiger partial charge in [-0.15, -0.1) is 0 Å². The molecular formula is C12H19N3O3S. The maximum Gasteiger partial charge on any atom is 0.267 e. The van der Waals surface area contributed by atoms with Crippen molar-refractivity contribution in [2.75, 3.05) is 18.1 Å². The Morgan fingerprint density at radius 3 is 3.00 bits per heavy atom. The normalized spacial score (nSPS) is 15.2. The molecule has 0 aromatic carbocycles. The molecule has 19 heavy (non-hydrogen) atoms. The molecule has 0 spiro atoms. The first-order valence-corrected chi connectivity index (χ1v) is 8.35. The van der Waals surface area contributed by atoms with Crippen LogP contribution in [0.25, 0.3) is 0 Å². The van der Waals surface area contributed by atoms with E-state index in [1.54, 1.807) is 13.0 Å². The highest BCUT2D eigenvalue weighted by molar-refractivity contribution is 7.91. The van der Waals surface area contributed by atoms with E-state index in [1.807, 2.05) is 0 Å². The molecule has 0 amide bonds. The number of rotatable bonds is 5. The molecule has 0 saturated heterocycles. The van der Waals surface area contributed by atoms with Crippen LogP contribution >= 0.6 is 0 Å². The van der Waals surface area contributed by atoms with Gasteiger partial charge in [0.15, 0.2) is 0 Å². The Kier molecular flexibility index (Phi) is 4.36. The quantitative estimate of drug-likeness (QED) is 0.804. The van der Waals surface area contributed by atoms with Crippen molar-refractivity contribution in [3.05, 3.63) is 27.7 Å². The molecule has 2 heterocycles. The third-order valence-electron chi connectivity index (χ3n) is 3.28. The molecule has 0 radical (unpaired) electrons. The average Bonchev–Trinajstić information content (AvgIpc) is 2.39. The molecule has 0 bridgehead atoms. The van der Waals surface area contributed by atoms with Crippen molar-refractivity contribution < 1.29 is 8.42 Å². The predicted molar refractivity (Wildman–Crippen MR) is 72.9 cm³/mol. The van der Waals surface area contributed by atoms with Crippen molar-refractivity contribution in [1.82, 2.24) is 15.1 Å². The lowest BCUT2D eigenvalue weighted by atomic mass is 10.1. The average molecular weight is 285 g/mol. The number of aromatic nitrogens is 2. The van der Waals surface area contributed by atoms with Crippen molar-refractivity contribution in [2.24, 2.45) is 0 Å². The van der Waals surface area contributed by atoms with Gasteiger partial charge in [0.25, 0.3) is 5.56 Å². The number of sulfone groups is 1. The van der Waals surface area contributed by atoms with Gasteiger partial charge in [0, 0.05) is 37.9 Å². The lowest BCUT2D eigenvalue weighted by molar-refractivity contribution is 0.523. The van der Waals surface area contributed by atoms with E-state index in [4.69, 9.17) is 0 Å². The van der Waals surface area contributed by atoms with Gasteiger partial charge in [-0.3, -0.25) is 4.79 Å². The molecule has 0 fully saturated rings. The van der Waals surface area contributed by atoms with E-state index in [0.717, 1.165) is 24.2 Å². The standard InChI is InChI=1S/C12H19N3O3S/c1-2-19(17,18)7-3-6-15-12(16)8-10-9-13-5-4-11(10)14-15/h8,13H,2-7,9H2,1H3. The summed E-state index contributed by atoms with van der Waals surface area (Å²) in [6.07, 6.45) is 1.24. The minimum Gasteiger partial charge on any atom is -0.312 e. The molecule has 0 aliphatic carbocycles. The van der Waals surface area contributed by atoms with Crippen LogP contribution in [0.3, 0.4) is 0 Å². The Balaban J connectivity index is 2.07. The summed E-state index contributed by atoms with van der Waals surface area (Å²) in [5.74, 6) is 0.251. The topological polar surface area (TPSA) is 81.1 Å². The predicted octanol–water partition coefficient (Wildman–Crippen LogP) is -0.286. The Labute approximate surface area is 112 Å². The summed E-state index contributed by atoms with van der Waals surface area (Å²) in [5, 5.41) is 7.52. The van der Waals surface area contributed by atoms with Crippen molar-refractivity contribution in [1.29, 1.82) is 0 Å². The second kappa shape index (κ2) is 5.83. The summed E-state index contributed by atoms with van der Waals surface area (Å²) in [6.45, 7) is 3.54. The molecule has 1 aliphatic heterocycles. The summed E-state index contributed by atoms with van der Waals surface area (Å²) in [4.78, 5) is 11.8. The fraction of sp³-hybridized carbons (Fsp3) is 0.667. The van der Waals surface area contributed by atoms with Gasteiger partial charge >= 0.3 is 0 Å². The highest BCUT2D eigenvalue weighted by Gasteiger charge is 2.13. The Bertz CT molecular complexity index is 607. The molecule has 1 aromatic rings. The largest absolute Gasteiger partial charge is 0.312 e. The first-order valence-electron chi connectivity index (χ1n) is 6.53. The highest BCUT2D eigenvalue weighted by atomic mass is 32.2. The third kappa shape index (κ3) is 3.63. The molecule has 6 nitrogen and oxygen atoms in total. The van der Waals surface area contributed by atoms with E-state index in [0.29, 0.717) is 19.5 Å². The maximum absolute atomic E-state index is 11.8. The molecule has 0 unspecified atom stereocenters. The van der Waals surface area contributed by atoms with Crippen LogP contribution in [0.5, 0.6) is 0 Å². The Hall–Kier alpha value is -1.21. The number of nitrogens with one attached hydrogen (secondary N) is 1. The van der Waals surface area contributed by atoms with Crippen LogP contribution in [0, 0.1) is 0 Å². The fourth-order valence-corrected chi connectivity index (χ4v) is 2.96. The zero-order chi connectivity index (χ0) is 13.9. The number of nitrogens with zero attached hydrogens (tertiary/aromatic N) is 2. The molecule has 106 valence electrons. The van der Waals surface area contributed by atoms with Crippen LogP contribution < -0.4 is 10.9 Å². The van der Waals surface area contributed by atoms with Crippen molar-refractivity contribution >= 4 is 9.84 Å². The highest BCUT2D eigenvalue weighted by Crippen LogP contribution is 2.07. The molecular weight excluding hydrogens is 266 g/mol. The van der Waals surface area contributed by atoms with Crippen molar-refractivity contribution in [3.8, 4) is 0 Å². The second-order valence-electron chi connectivity index (χ2n) is 4.69. The number of hydrogen-bond donors (Lipinski definition) is 1. The van der Waals surface area contributed by atoms with Gasteiger partial charge in [-0.2, -0.15) is 5.10 Å². The van der Waals surface area contributed by atoms with Crippen LogP contribution in [0.1, 0.15) is 24.6 Å². The first-order chi connectivity index (χ1) is 9.02. The molecule has 0 atom stereocenters. The summed E-state index contributed by atoms with van der Waals surface area (Å²) >= 11 is 0. The van der Waals surface area contributed by atoms with Crippen LogP contribution in [0.15, 0.2) is 10.9 Å². The van der Waals surface area contributed by atoms with Crippen molar-refractivity contribution in [3.63, 3.8) is 0 Å².